The highest BCUT2D eigenvalue weighted by Gasteiger charge is 2.30. The minimum absolute atomic E-state index is 0.209. The molecule has 4 nitrogen and oxygen atoms in total. The fourth-order valence-electron chi connectivity index (χ4n) is 2.68. The van der Waals surface area contributed by atoms with E-state index in [1.807, 2.05) is 13.0 Å². The van der Waals surface area contributed by atoms with Gasteiger partial charge in [0.1, 0.15) is 0 Å². The number of oxime groups is 1. The molecule has 0 unspecified atom stereocenters. The van der Waals surface area contributed by atoms with Crippen molar-refractivity contribution in [3.8, 4) is 0 Å². The molecule has 2 aliphatic rings. The van der Waals surface area contributed by atoms with E-state index in [0.717, 1.165) is 41.7 Å². The molecule has 20 heavy (non-hydrogen) atoms. The molecule has 0 atom stereocenters. The molecule has 0 saturated heterocycles. The quantitative estimate of drug-likeness (QED) is 0.362. The second kappa shape index (κ2) is 5.35. The first-order chi connectivity index (χ1) is 9.67. The second-order valence-electron chi connectivity index (χ2n) is 6.30. The van der Waals surface area contributed by atoms with Crippen molar-refractivity contribution in [2.45, 2.75) is 32.6 Å². The van der Waals surface area contributed by atoms with Crippen molar-refractivity contribution in [2.75, 3.05) is 18.0 Å². The highest BCUT2D eigenvalue weighted by atomic mass is 16.4. The van der Waals surface area contributed by atoms with E-state index in [1.165, 1.54) is 25.7 Å². The van der Waals surface area contributed by atoms with Gasteiger partial charge in [-0.3, -0.25) is 0 Å². The molecule has 3 N–H and O–H groups in total. The highest BCUT2D eigenvalue weighted by molar-refractivity contribution is 6.02. The van der Waals surface area contributed by atoms with Gasteiger partial charge in [0, 0.05) is 24.3 Å². The fourth-order valence-corrected chi connectivity index (χ4v) is 2.68. The molecule has 108 valence electrons. The van der Waals surface area contributed by atoms with E-state index in [2.05, 4.69) is 22.2 Å². The van der Waals surface area contributed by atoms with Gasteiger partial charge in [0.2, 0.25) is 0 Å². The van der Waals surface area contributed by atoms with E-state index in [4.69, 9.17) is 10.9 Å². The summed E-state index contributed by atoms with van der Waals surface area (Å²) in [5, 5.41) is 12.2. The third-order valence-electron chi connectivity index (χ3n) is 4.23. The molecule has 3 rings (SSSR count). The molecule has 0 radical (unpaired) electrons. The average molecular weight is 273 g/mol. The average Bonchev–Trinajstić information content (AvgIpc) is 3.32. The van der Waals surface area contributed by atoms with Gasteiger partial charge in [-0.25, -0.2) is 0 Å². The van der Waals surface area contributed by atoms with Crippen LogP contribution in [0.2, 0.25) is 0 Å². The van der Waals surface area contributed by atoms with Crippen molar-refractivity contribution < 1.29 is 5.21 Å². The van der Waals surface area contributed by atoms with Crippen LogP contribution in [0.5, 0.6) is 0 Å². The molecule has 2 fully saturated rings. The summed E-state index contributed by atoms with van der Waals surface area (Å²) >= 11 is 0. The maximum absolute atomic E-state index is 9.02. The van der Waals surface area contributed by atoms with Crippen LogP contribution < -0.4 is 10.6 Å². The van der Waals surface area contributed by atoms with E-state index in [-0.39, 0.29) is 5.84 Å². The van der Waals surface area contributed by atoms with Crippen LogP contribution in [0.3, 0.4) is 0 Å². The zero-order chi connectivity index (χ0) is 14.1. The molecule has 0 amide bonds. The van der Waals surface area contributed by atoms with E-state index in [9.17, 15) is 0 Å². The molecule has 0 aromatic heterocycles. The number of hydrogen-bond acceptors (Lipinski definition) is 3. The molecule has 1 aromatic rings. The molecule has 2 aliphatic carbocycles. The Morgan fingerprint density at radius 3 is 2.35 bits per heavy atom. The van der Waals surface area contributed by atoms with Crippen LogP contribution in [0, 0.1) is 18.8 Å². The van der Waals surface area contributed by atoms with Gasteiger partial charge in [0.25, 0.3) is 0 Å². The van der Waals surface area contributed by atoms with Crippen LogP contribution >= 0.6 is 0 Å². The van der Waals surface area contributed by atoms with E-state index < -0.39 is 0 Å². The summed E-state index contributed by atoms with van der Waals surface area (Å²) < 4.78 is 0. The Labute approximate surface area is 120 Å². The topological polar surface area (TPSA) is 61.8 Å². The maximum Gasteiger partial charge on any atom is 0.172 e. The molecule has 0 spiro atoms. The zero-order valence-corrected chi connectivity index (χ0v) is 12.0. The lowest BCUT2D eigenvalue weighted by atomic mass is 10.1. The van der Waals surface area contributed by atoms with Crippen molar-refractivity contribution in [3.05, 3.63) is 29.3 Å². The van der Waals surface area contributed by atoms with Crippen LogP contribution in [-0.4, -0.2) is 24.1 Å². The normalized spacial score (nSPS) is 19.1. The first kappa shape index (κ1) is 13.3. The number of hydrogen-bond donors (Lipinski definition) is 2. The summed E-state index contributed by atoms with van der Waals surface area (Å²) in [6, 6.07) is 6.24. The molecule has 0 bridgehead atoms. The lowest BCUT2D eigenvalue weighted by Crippen LogP contribution is -2.30. The van der Waals surface area contributed by atoms with Crippen molar-refractivity contribution in [3.63, 3.8) is 0 Å². The van der Waals surface area contributed by atoms with Gasteiger partial charge in [-0.05, 0) is 56.6 Å². The van der Waals surface area contributed by atoms with Gasteiger partial charge in [0.15, 0.2) is 5.84 Å². The van der Waals surface area contributed by atoms with Crippen molar-refractivity contribution in [1.29, 1.82) is 0 Å². The van der Waals surface area contributed by atoms with E-state index in [0.29, 0.717) is 0 Å². The number of aryl methyl sites for hydroxylation is 1. The van der Waals surface area contributed by atoms with E-state index in [1.54, 1.807) is 0 Å². The monoisotopic (exact) mass is 273 g/mol. The Hall–Kier alpha value is -1.71. The largest absolute Gasteiger partial charge is 0.409 e. The molecular formula is C16H23N3O. The zero-order valence-electron chi connectivity index (χ0n) is 12.0. The smallest absolute Gasteiger partial charge is 0.172 e. The molecule has 1 aromatic carbocycles. The molecule has 2 saturated carbocycles. The molecular weight excluding hydrogens is 250 g/mol. The SMILES string of the molecule is Cc1ccc(N(CC2CC2)CC2CC2)c(/C(N)=N/O)c1. The summed E-state index contributed by atoms with van der Waals surface area (Å²) in [4.78, 5) is 2.45. The number of nitrogens with two attached hydrogens (primary N) is 1. The summed E-state index contributed by atoms with van der Waals surface area (Å²) in [6.07, 6.45) is 5.36. The van der Waals surface area contributed by atoms with Crippen LogP contribution in [0.1, 0.15) is 36.8 Å². The maximum atomic E-state index is 9.02. The van der Waals surface area contributed by atoms with Gasteiger partial charge in [-0.2, -0.15) is 0 Å². The lowest BCUT2D eigenvalue weighted by molar-refractivity contribution is 0.318. The standard InChI is InChI=1S/C16H23N3O/c1-11-2-7-15(14(8-11)16(17)18-20)19(9-12-3-4-12)10-13-5-6-13/h2,7-8,12-13,20H,3-6,9-10H2,1H3,(H2,17,18). The molecule has 0 aliphatic heterocycles. The minimum Gasteiger partial charge on any atom is -0.409 e. The number of nitrogens with zero attached hydrogens (tertiary/aromatic N) is 2. The van der Waals surface area contributed by atoms with Crippen LogP contribution in [-0.2, 0) is 0 Å². The van der Waals surface area contributed by atoms with Crippen LogP contribution in [0.25, 0.3) is 0 Å². The third-order valence-corrected chi connectivity index (χ3v) is 4.23. The second-order valence-corrected chi connectivity index (χ2v) is 6.30. The number of amidine groups is 1. The Morgan fingerprint density at radius 2 is 1.85 bits per heavy atom. The van der Waals surface area contributed by atoms with Crippen molar-refractivity contribution in [1.82, 2.24) is 0 Å². The van der Waals surface area contributed by atoms with Crippen LogP contribution in [0.15, 0.2) is 23.4 Å². The van der Waals surface area contributed by atoms with E-state index >= 15 is 0 Å². The van der Waals surface area contributed by atoms with Crippen molar-refractivity contribution >= 4 is 11.5 Å². The Balaban J connectivity index is 1.90. The Morgan fingerprint density at radius 1 is 1.25 bits per heavy atom. The molecule has 4 heteroatoms. The van der Waals surface area contributed by atoms with Crippen LogP contribution in [0.4, 0.5) is 5.69 Å². The summed E-state index contributed by atoms with van der Waals surface area (Å²) in [5.74, 6) is 1.87. The van der Waals surface area contributed by atoms with Gasteiger partial charge in [-0.15, -0.1) is 0 Å². The number of rotatable bonds is 6. The lowest BCUT2D eigenvalue weighted by Gasteiger charge is -2.27. The van der Waals surface area contributed by atoms with Crippen molar-refractivity contribution in [2.24, 2.45) is 22.7 Å². The molecule has 0 heterocycles. The fraction of sp³-hybridized carbons (Fsp3) is 0.562. The number of benzene rings is 1. The van der Waals surface area contributed by atoms with Gasteiger partial charge in [-0.1, -0.05) is 16.8 Å². The first-order valence-electron chi connectivity index (χ1n) is 7.51. The summed E-state index contributed by atoms with van der Waals surface area (Å²) in [5.41, 5.74) is 8.97. The first-order valence-corrected chi connectivity index (χ1v) is 7.51. The third kappa shape index (κ3) is 3.06. The predicted octanol–water partition coefficient (Wildman–Crippen LogP) is 2.72. The highest BCUT2D eigenvalue weighted by Crippen LogP contribution is 2.36. The van der Waals surface area contributed by atoms with Gasteiger partial charge < -0.3 is 15.8 Å². The summed E-state index contributed by atoms with van der Waals surface area (Å²) in [7, 11) is 0. The van der Waals surface area contributed by atoms with Gasteiger partial charge >= 0.3 is 0 Å². The Bertz CT molecular complexity index is 504. The summed E-state index contributed by atoms with van der Waals surface area (Å²) in [6.45, 7) is 4.24. The van der Waals surface area contributed by atoms with Gasteiger partial charge in [0.05, 0.1) is 0 Å². The Kier molecular flexibility index (Phi) is 3.55. The minimum atomic E-state index is 0.209. The number of anilines is 1. The predicted molar refractivity (Wildman–Crippen MR) is 81.4 cm³/mol.